The third-order valence-electron chi connectivity index (χ3n) is 4.97. The first-order valence-electron chi connectivity index (χ1n) is 9.66. The second kappa shape index (κ2) is 8.35. The average Bonchev–Trinajstić information content (AvgIpc) is 3.07. The number of hydrogen-bond donors (Lipinski definition) is 0. The molecule has 3 heterocycles. The van der Waals surface area contributed by atoms with E-state index >= 15 is 0 Å². The number of ether oxygens (including phenoxy) is 1. The van der Waals surface area contributed by atoms with Gasteiger partial charge in [0.25, 0.3) is 0 Å². The quantitative estimate of drug-likeness (QED) is 0.619. The van der Waals surface area contributed by atoms with Crippen molar-refractivity contribution in [2.24, 2.45) is 0 Å². The number of fused-ring (bicyclic) bond motifs is 1. The molecule has 0 spiro atoms. The SMILES string of the molecule is CCOC(=O)c1nn(Cc2ccccn2)c2c1CN(Cc1ccccc1)CC2. The van der Waals surface area contributed by atoms with Crippen LogP contribution in [0, 0.1) is 0 Å². The molecule has 0 radical (unpaired) electrons. The van der Waals surface area contributed by atoms with Crippen LogP contribution in [0.2, 0.25) is 0 Å². The first kappa shape index (κ1) is 18.4. The molecule has 0 fully saturated rings. The van der Waals surface area contributed by atoms with Crippen LogP contribution in [0.25, 0.3) is 0 Å². The molecule has 6 heteroatoms. The molecule has 0 bridgehead atoms. The minimum atomic E-state index is -0.347. The van der Waals surface area contributed by atoms with Crippen LogP contribution in [0.1, 0.15) is 39.9 Å². The molecule has 0 aliphatic carbocycles. The highest BCUT2D eigenvalue weighted by Crippen LogP contribution is 2.25. The fraction of sp³-hybridized carbons (Fsp3) is 0.318. The molecule has 0 saturated heterocycles. The van der Waals surface area contributed by atoms with Crippen LogP contribution in [-0.2, 0) is 30.8 Å². The lowest BCUT2D eigenvalue weighted by Gasteiger charge is -2.27. The Morgan fingerprint density at radius 3 is 2.68 bits per heavy atom. The molecule has 0 unspecified atom stereocenters. The van der Waals surface area contributed by atoms with Crippen molar-refractivity contribution in [3.63, 3.8) is 0 Å². The molecule has 3 aromatic rings. The van der Waals surface area contributed by atoms with E-state index in [0.29, 0.717) is 25.4 Å². The van der Waals surface area contributed by atoms with Gasteiger partial charge >= 0.3 is 5.97 Å². The Labute approximate surface area is 164 Å². The summed E-state index contributed by atoms with van der Waals surface area (Å²) in [6, 6.07) is 16.2. The number of aromatic nitrogens is 3. The Hall–Kier alpha value is -2.99. The average molecular weight is 376 g/mol. The van der Waals surface area contributed by atoms with Crippen molar-refractivity contribution in [1.82, 2.24) is 19.7 Å². The zero-order valence-corrected chi connectivity index (χ0v) is 16.0. The molecule has 144 valence electrons. The Morgan fingerprint density at radius 2 is 1.93 bits per heavy atom. The number of carbonyl (C=O) groups excluding carboxylic acids is 1. The van der Waals surface area contributed by atoms with Crippen LogP contribution in [-0.4, -0.2) is 38.8 Å². The van der Waals surface area contributed by atoms with Crippen molar-refractivity contribution in [1.29, 1.82) is 0 Å². The highest BCUT2D eigenvalue weighted by Gasteiger charge is 2.29. The molecule has 1 aliphatic rings. The molecule has 0 N–H and O–H groups in total. The molecular formula is C22H24N4O2. The van der Waals surface area contributed by atoms with Crippen molar-refractivity contribution in [2.75, 3.05) is 13.2 Å². The largest absolute Gasteiger partial charge is 0.461 e. The van der Waals surface area contributed by atoms with Gasteiger partial charge in [0.2, 0.25) is 0 Å². The highest BCUT2D eigenvalue weighted by molar-refractivity contribution is 5.89. The maximum atomic E-state index is 12.5. The lowest BCUT2D eigenvalue weighted by molar-refractivity contribution is 0.0515. The number of pyridine rings is 1. The Balaban J connectivity index is 1.61. The second-order valence-corrected chi connectivity index (χ2v) is 6.92. The van der Waals surface area contributed by atoms with Gasteiger partial charge in [0.15, 0.2) is 5.69 Å². The van der Waals surface area contributed by atoms with Gasteiger partial charge in [-0.3, -0.25) is 14.6 Å². The molecule has 2 aromatic heterocycles. The van der Waals surface area contributed by atoms with Crippen molar-refractivity contribution >= 4 is 5.97 Å². The number of hydrogen-bond acceptors (Lipinski definition) is 5. The number of benzene rings is 1. The minimum Gasteiger partial charge on any atom is -0.461 e. The summed E-state index contributed by atoms with van der Waals surface area (Å²) in [5, 5.41) is 4.62. The summed E-state index contributed by atoms with van der Waals surface area (Å²) in [6.07, 6.45) is 2.63. The Kier molecular flexibility index (Phi) is 5.48. The maximum absolute atomic E-state index is 12.5. The van der Waals surface area contributed by atoms with E-state index in [1.807, 2.05) is 35.9 Å². The van der Waals surface area contributed by atoms with Gasteiger partial charge in [-0.1, -0.05) is 36.4 Å². The van der Waals surface area contributed by atoms with E-state index in [4.69, 9.17) is 4.74 Å². The molecule has 1 aliphatic heterocycles. The summed E-state index contributed by atoms with van der Waals surface area (Å²) in [4.78, 5) is 19.3. The lowest BCUT2D eigenvalue weighted by atomic mass is 10.0. The lowest BCUT2D eigenvalue weighted by Crippen LogP contribution is -2.31. The summed E-state index contributed by atoms with van der Waals surface area (Å²) in [5.74, 6) is -0.347. The molecule has 6 nitrogen and oxygen atoms in total. The normalized spacial score (nSPS) is 13.9. The van der Waals surface area contributed by atoms with Gasteiger partial charge < -0.3 is 4.74 Å². The fourth-order valence-electron chi connectivity index (χ4n) is 3.66. The summed E-state index contributed by atoms with van der Waals surface area (Å²) in [7, 11) is 0. The van der Waals surface area contributed by atoms with Crippen LogP contribution in [0.15, 0.2) is 54.7 Å². The van der Waals surface area contributed by atoms with Gasteiger partial charge in [-0.2, -0.15) is 5.10 Å². The van der Waals surface area contributed by atoms with E-state index < -0.39 is 0 Å². The van der Waals surface area contributed by atoms with E-state index in [1.54, 1.807) is 6.20 Å². The third kappa shape index (κ3) is 3.97. The topological polar surface area (TPSA) is 60.2 Å². The van der Waals surface area contributed by atoms with E-state index in [-0.39, 0.29) is 5.97 Å². The molecule has 28 heavy (non-hydrogen) atoms. The summed E-state index contributed by atoms with van der Waals surface area (Å²) >= 11 is 0. The standard InChI is InChI=1S/C22H24N4O2/c1-2-28-22(27)21-19-16-25(14-17-8-4-3-5-9-17)13-11-20(19)26(24-21)15-18-10-6-7-12-23-18/h3-10,12H,2,11,13-16H2,1H3. The predicted octanol–water partition coefficient (Wildman–Crippen LogP) is 3.06. The Bertz CT molecular complexity index is 938. The van der Waals surface area contributed by atoms with Crippen LogP contribution in [0.3, 0.4) is 0 Å². The van der Waals surface area contributed by atoms with E-state index in [2.05, 4.69) is 39.2 Å². The van der Waals surface area contributed by atoms with Gasteiger partial charge in [-0.15, -0.1) is 0 Å². The first-order valence-corrected chi connectivity index (χ1v) is 9.66. The van der Waals surface area contributed by atoms with Gasteiger partial charge in [0, 0.05) is 43.5 Å². The monoisotopic (exact) mass is 376 g/mol. The van der Waals surface area contributed by atoms with Crippen molar-refractivity contribution in [3.05, 3.63) is 82.9 Å². The fourth-order valence-corrected chi connectivity index (χ4v) is 3.66. The molecule has 0 amide bonds. The van der Waals surface area contributed by atoms with Crippen LogP contribution < -0.4 is 0 Å². The van der Waals surface area contributed by atoms with Crippen LogP contribution in [0.4, 0.5) is 0 Å². The summed E-state index contributed by atoms with van der Waals surface area (Å²) < 4.78 is 7.18. The minimum absolute atomic E-state index is 0.342. The zero-order chi connectivity index (χ0) is 19.3. The highest BCUT2D eigenvalue weighted by atomic mass is 16.5. The van der Waals surface area contributed by atoms with Crippen molar-refractivity contribution in [2.45, 2.75) is 33.0 Å². The van der Waals surface area contributed by atoms with Crippen molar-refractivity contribution in [3.8, 4) is 0 Å². The molecular weight excluding hydrogens is 352 g/mol. The zero-order valence-electron chi connectivity index (χ0n) is 16.0. The molecule has 0 saturated carbocycles. The van der Waals surface area contributed by atoms with Gasteiger partial charge in [-0.25, -0.2) is 4.79 Å². The smallest absolute Gasteiger partial charge is 0.359 e. The molecule has 0 atom stereocenters. The van der Waals surface area contributed by atoms with Crippen LogP contribution >= 0.6 is 0 Å². The van der Waals surface area contributed by atoms with E-state index in [9.17, 15) is 4.79 Å². The summed E-state index contributed by atoms with van der Waals surface area (Å²) in [6.45, 7) is 5.19. The number of esters is 1. The number of nitrogens with zero attached hydrogens (tertiary/aromatic N) is 4. The Morgan fingerprint density at radius 1 is 1.11 bits per heavy atom. The van der Waals surface area contributed by atoms with Gasteiger partial charge in [0.05, 0.1) is 18.8 Å². The van der Waals surface area contributed by atoms with E-state index in [1.165, 1.54) is 5.56 Å². The van der Waals surface area contributed by atoms with Crippen LogP contribution in [0.5, 0.6) is 0 Å². The third-order valence-corrected chi connectivity index (χ3v) is 4.97. The van der Waals surface area contributed by atoms with Gasteiger partial charge in [-0.05, 0) is 24.6 Å². The van der Waals surface area contributed by atoms with Gasteiger partial charge in [0.1, 0.15) is 0 Å². The maximum Gasteiger partial charge on any atom is 0.359 e. The number of rotatable bonds is 6. The number of carbonyl (C=O) groups is 1. The predicted molar refractivity (Wildman–Crippen MR) is 106 cm³/mol. The summed E-state index contributed by atoms with van der Waals surface area (Å²) in [5.41, 5.74) is 4.72. The molecule has 4 rings (SSSR count). The second-order valence-electron chi connectivity index (χ2n) is 6.92. The van der Waals surface area contributed by atoms with Crippen molar-refractivity contribution < 1.29 is 9.53 Å². The molecule has 1 aromatic carbocycles. The first-order chi connectivity index (χ1) is 13.7. The van der Waals surface area contributed by atoms with E-state index in [0.717, 1.165) is 36.5 Å².